The predicted molar refractivity (Wildman–Crippen MR) is 81.4 cm³/mol. The highest BCUT2D eigenvalue weighted by molar-refractivity contribution is 7.93. The predicted octanol–water partition coefficient (Wildman–Crippen LogP) is 2.43. The Balaban J connectivity index is 1.99. The van der Waals surface area contributed by atoms with Gasteiger partial charge in [0.25, 0.3) is 0 Å². The summed E-state index contributed by atoms with van der Waals surface area (Å²) < 4.78 is 27.4. The van der Waals surface area contributed by atoms with Gasteiger partial charge in [-0.05, 0) is 37.9 Å². The van der Waals surface area contributed by atoms with E-state index in [0.717, 1.165) is 43.4 Å². The average molecular weight is 294 g/mol. The van der Waals surface area contributed by atoms with Gasteiger partial charge >= 0.3 is 0 Å². The molecule has 1 atom stereocenters. The molecule has 0 bridgehead atoms. The van der Waals surface area contributed by atoms with E-state index in [-0.39, 0.29) is 11.3 Å². The van der Waals surface area contributed by atoms with E-state index in [4.69, 9.17) is 0 Å². The first kappa shape index (κ1) is 13.9. The maximum absolute atomic E-state index is 12.9. The van der Waals surface area contributed by atoms with Crippen molar-refractivity contribution in [2.75, 3.05) is 17.9 Å². The molecule has 4 nitrogen and oxygen atoms in total. The zero-order valence-corrected chi connectivity index (χ0v) is 12.7. The van der Waals surface area contributed by atoms with Gasteiger partial charge < -0.3 is 5.32 Å². The van der Waals surface area contributed by atoms with Gasteiger partial charge in [0, 0.05) is 12.6 Å². The van der Waals surface area contributed by atoms with Crippen molar-refractivity contribution in [2.45, 2.75) is 43.4 Å². The van der Waals surface area contributed by atoms with E-state index in [1.165, 1.54) is 0 Å². The molecule has 5 heteroatoms. The number of hydrogen-bond acceptors (Lipinski definition) is 3. The minimum Gasteiger partial charge on any atom is -0.313 e. The minimum atomic E-state index is -3.20. The lowest BCUT2D eigenvalue weighted by atomic mass is 9.98. The smallest absolute Gasteiger partial charge is 0.238 e. The summed E-state index contributed by atoms with van der Waals surface area (Å²) in [4.78, 5) is 0. The molecule has 0 radical (unpaired) electrons. The van der Waals surface area contributed by atoms with Crippen LogP contribution in [0.25, 0.3) is 0 Å². The molecule has 1 heterocycles. The summed E-state index contributed by atoms with van der Waals surface area (Å²) in [6, 6.07) is 8.13. The molecule has 1 fully saturated rings. The number of nitrogens with one attached hydrogen (secondary N) is 1. The maximum Gasteiger partial charge on any atom is 0.238 e. The van der Waals surface area contributed by atoms with Crippen LogP contribution < -0.4 is 9.62 Å². The molecule has 2 aliphatic rings. The highest BCUT2D eigenvalue weighted by Crippen LogP contribution is 2.38. The Morgan fingerprint density at radius 2 is 1.85 bits per heavy atom. The molecule has 1 aliphatic heterocycles. The summed E-state index contributed by atoms with van der Waals surface area (Å²) in [5.41, 5.74) is 1.97. The SMILES string of the molecule is CNC1CCN(S(=O)(=O)C2CCCC2)c2ccccc21. The van der Waals surface area contributed by atoms with Gasteiger partial charge in [-0.15, -0.1) is 0 Å². The number of fused-ring (bicyclic) bond motifs is 1. The van der Waals surface area contributed by atoms with Crippen molar-refractivity contribution in [3.05, 3.63) is 29.8 Å². The van der Waals surface area contributed by atoms with Gasteiger partial charge in [-0.2, -0.15) is 0 Å². The van der Waals surface area contributed by atoms with Gasteiger partial charge in [0.1, 0.15) is 0 Å². The summed E-state index contributed by atoms with van der Waals surface area (Å²) in [6.07, 6.45) is 4.55. The van der Waals surface area contributed by atoms with Crippen molar-refractivity contribution in [3.8, 4) is 0 Å². The van der Waals surface area contributed by atoms with Crippen molar-refractivity contribution >= 4 is 15.7 Å². The number of hydrogen-bond donors (Lipinski definition) is 1. The van der Waals surface area contributed by atoms with Crippen molar-refractivity contribution < 1.29 is 8.42 Å². The fraction of sp³-hybridized carbons (Fsp3) is 0.600. The second kappa shape index (κ2) is 5.37. The highest BCUT2D eigenvalue weighted by Gasteiger charge is 2.37. The highest BCUT2D eigenvalue weighted by atomic mass is 32.2. The topological polar surface area (TPSA) is 49.4 Å². The van der Waals surface area contributed by atoms with E-state index in [2.05, 4.69) is 5.32 Å². The Hall–Kier alpha value is -1.07. The molecule has 0 aromatic heterocycles. The lowest BCUT2D eigenvalue weighted by Gasteiger charge is -2.36. The molecule has 0 saturated heterocycles. The molecule has 0 spiro atoms. The van der Waals surface area contributed by atoms with Crippen molar-refractivity contribution in [1.29, 1.82) is 0 Å². The van der Waals surface area contributed by atoms with Crippen molar-refractivity contribution in [2.24, 2.45) is 0 Å². The second-order valence-corrected chi connectivity index (χ2v) is 7.85. The van der Waals surface area contributed by atoms with Crippen LogP contribution in [0.5, 0.6) is 0 Å². The largest absolute Gasteiger partial charge is 0.313 e. The lowest BCUT2D eigenvalue weighted by molar-refractivity contribution is 0.524. The zero-order chi connectivity index (χ0) is 14.2. The summed E-state index contributed by atoms with van der Waals surface area (Å²) in [7, 11) is -1.27. The normalized spacial score (nSPS) is 23.9. The van der Waals surface area contributed by atoms with E-state index < -0.39 is 10.0 Å². The first-order valence-corrected chi connectivity index (χ1v) is 8.92. The summed E-state index contributed by atoms with van der Waals surface area (Å²) in [5, 5.41) is 3.10. The van der Waals surface area contributed by atoms with Gasteiger partial charge in [0.05, 0.1) is 10.9 Å². The Bertz CT molecular complexity index is 579. The van der Waals surface area contributed by atoms with Gasteiger partial charge in [0.2, 0.25) is 10.0 Å². The Morgan fingerprint density at radius 3 is 2.55 bits per heavy atom. The zero-order valence-electron chi connectivity index (χ0n) is 11.9. The third-order valence-electron chi connectivity index (χ3n) is 4.58. The van der Waals surface area contributed by atoms with Crippen LogP contribution in [0.15, 0.2) is 24.3 Å². The third-order valence-corrected chi connectivity index (χ3v) is 6.89. The van der Waals surface area contributed by atoms with Gasteiger partial charge in [-0.3, -0.25) is 4.31 Å². The first-order chi connectivity index (χ1) is 9.64. The molecule has 1 aromatic carbocycles. The molecule has 1 N–H and O–H groups in total. The van der Waals surface area contributed by atoms with Crippen LogP contribution in [0.1, 0.15) is 43.7 Å². The Labute approximate surface area is 121 Å². The van der Waals surface area contributed by atoms with E-state index in [1.807, 2.05) is 31.3 Å². The second-order valence-electron chi connectivity index (χ2n) is 5.71. The van der Waals surface area contributed by atoms with Crippen LogP contribution in [0.2, 0.25) is 0 Å². The van der Waals surface area contributed by atoms with Gasteiger partial charge in [-0.25, -0.2) is 8.42 Å². The molecule has 20 heavy (non-hydrogen) atoms. The van der Waals surface area contributed by atoms with Crippen LogP contribution >= 0.6 is 0 Å². The number of benzene rings is 1. The lowest BCUT2D eigenvalue weighted by Crippen LogP contribution is -2.43. The third kappa shape index (κ3) is 2.23. The minimum absolute atomic E-state index is 0.179. The average Bonchev–Trinajstić information content (AvgIpc) is 3.01. The molecule has 1 aliphatic carbocycles. The van der Waals surface area contributed by atoms with Crippen LogP contribution in [-0.2, 0) is 10.0 Å². The number of para-hydroxylation sites is 1. The van der Waals surface area contributed by atoms with E-state index in [9.17, 15) is 8.42 Å². The molecule has 0 amide bonds. The number of nitrogens with zero attached hydrogens (tertiary/aromatic N) is 1. The van der Waals surface area contributed by atoms with Crippen LogP contribution in [0.4, 0.5) is 5.69 Å². The molecule has 1 aromatic rings. The Kier molecular flexibility index (Phi) is 3.73. The quantitative estimate of drug-likeness (QED) is 0.931. The van der Waals surface area contributed by atoms with Crippen LogP contribution in [0.3, 0.4) is 0 Å². The number of rotatable bonds is 3. The van der Waals surface area contributed by atoms with Gasteiger partial charge in [0.15, 0.2) is 0 Å². The Morgan fingerprint density at radius 1 is 1.15 bits per heavy atom. The van der Waals surface area contributed by atoms with Crippen LogP contribution in [-0.4, -0.2) is 27.3 Å². The fourth-order valence-corrected chi connectivity index (χ4v) is 5.55. The molecule has 3 rings (SSSR count). The van der Waals surface area contributed by atoms with E-state index in [1.54, 1.807) is 4.31 Å². The summed E-state index contributed by atoms with van der Waals surface area (Å²) >= 11 is 0. The standard InChI is InChI=1S/C15H22N2O2S/c1-16-14-10-11-17(15-9-5-4-8-13(14)15)20(18,19)12-6-2-3-7-12/h4-5,8-9,12,14,16H,2-3,6-7,10-11H2,1H3. The number of sulfonamides is 1. The number of anilines is 1. The molecule has 1 saturated carbocycles. The fourth-order valence-electron chi connectivity index (χ4n) is 3.46. The molecule has 1 unspecified atom stereocenters. The summed E-state index contributed by atoms with van der Waals surface area (Å²) in [6.45, 7) is 0.585. The molecule has 110 valence electrons. The monoisotopic (exact) mass is 294 g/mol. The van der Waals surface area contributed by atoms with Crippen molar-refractivity contribution in [1.82, 2.24) is 5.32 Å². The van der Waals surface area contributed by atoms with Crippen molar-refractivity contribution in [3.63, 3.8) is 0 Å². The summed E-state index contributed by atoms with van der Waals surface area (Å²) in [5.74, 6) is 0. The molecular formula is C15H22N2O2S. The van der Waals surface area contributed by atoms with E-state index >= 15 is 0 Å². The van der Waals surface area contributed by atoms with Gasteiger partial charge in [-0.1, -0.05) is 31.0 Å². The van der Waals surface area contributed by atoms with Crippen LogP contribution in [0, 0.1) is 0 Å². The maximum atomic E-state index is 12.9. The van der Waals surface area contributed by atoms with E-state index in [0.29, 0.717) is 6.54 Å². The first-order valence-electron chi connectivity index (χ1n) is 7.42. The molecular weight excluding hydrogens is 272 g/mol.